The van der Waals surface area contributed by atoms with Crippen LogP contribution < -0.4 is 10.1 Å². The quantitative estimate of drug-likeness (QED) is 0.180. The van der Waals surface area contributed by atoms with E-state index in [0.717, 1.165) is 33.6 Å². The van der Waals surface area contributed by atoms with Crippen LogP contribution in [0.2, 0.25) is 0 Å². The van der Waals surface area contributed by atoms with Gasteiger partial charge in [0.1, 0.15) is 10.5 Å². The third-order valence-electron chi connectivity index (χ3n) is 9.16. The van der Waals surface area contributed by atoms with E-state index in [1.54, 1.807) is 43.9 Å². The molecule has 1 aromatic heterocycles. The number of thioether (sulfide) groups is 2. The van der Waals surface area contributed by atoms with Crippen molar-refractivity contribution in [1.29, 1.82) is 0 Å². The number of rotatable bonds is 12. The molecule has 2 aromatic rings. The maximum absolute atomic E-state index is 13.2. The number of amides is 1. The number of carboxylic acids is 1. The van der Waals surface area contributed by atoms with Crippen LogP contribution in [0.5, 0.6) is 5.75 Å². The first-order valence-corrected chi connectivity index (χ1v) is 16.5. The zero-order valence-electron chi connectivity index (χ0n) is 23.3. The van der Waals surface area contributed by atoms with Crippen molar-refractivity contribution in [1.82, 2.24) is 4.98 Å². The van der Waals surface area contributed by atoms with Crippen LogP contribution in [0.4, 0.5) is 18.3 Å². The lowest BCUT2D eigenvalue weighted by molar-refractivity contribution is -0.274. The molecule has 1 aromatic carbocycles. The van der Waals surface area contributed by atoms with Crippen molar-refractivity contribution < 1.29 is 32.6 Å². The van der Waals surface area contributed by atoms with Crippen LogP contribution in [-0.4, -0.2) is 38.8 Å². The van der Waals surface area contributed by atoms with Crippen LogP contribution in [0, 0.1) is 28.6 Å². The van der Waals surface area contributed by atoms with Gasteiger partial charge in [-0.1, -0.05) is 42.9 Å². The van der Waals surface area contributed by atoms with Gasteiger partial charge in [-0.15, -0.1) is 24.9 Å². The number of hydrogen-bond donors (Lipinski definition) is 2. The molecule has 0 bridgehead atoms. The van der Waals surface area contributed by atoms with Crippen LogP contribution >= 0.6 is 34.9 Å². The first-order valence-electron chi connectivity index (χ1n) is 13.9. The number of fused-ring (bicyclic) bond motifs is 3. The number of anilines is 1. The Kier molecular flexibility index (Phi) is 8.41. The van der Waals surface area contributed by atoms with Crippen LogP contribution in [-0.2, 0) is 9.59 Å². The molecule has 1 spiro atoms. The third kappa shape index (κ3) is 6.39. The molecule has 3 unspecified atom stereocenters. The van der Waals surface area contributed by atoms with Gasteiger partial charge in [0, 0.05) is 11.3 Å². The molecular formula is C29H35F3N2O4S3. The second-order valence-corrected chi connectivity index (χ2v) is 16.2. The Balaban J connectivity index is 1.14. The number of benzene rings is 1. The van der Waals surface area contributed by atoms with Gasteiger partial charge in [0.25, 0.3) is 0 Å². The molecule has 224 valence electrons. The largest absolute Gasteiger partial charge is 0.573 e. The molecule has 0 radical (unpaired) electrons. The van der Waals surface area contributed by atoms with Gasteiger partial charge in [-0.05, 0) is 98.1 Å². The summed E-state index contributed by atoms with van der Waals surface area (Å²) in [5, 5.41) is 12.9. The van der Waals surface area contributed by atoms with Gasteiger partial charge < -0.3 is 15.2 Å². The number of ether oxygens (including phenoxy) is 1. The Labute approximate surface area is 250 Å². The number of aliphatic carboxylic acids is 1. The highest BCUT2D eigenvalue weighted by molar-refractivity contribution is 8.03. The van der Waals surface area contributed by atoms with Crippen molar-refractivity contribution in [2.24, 2.45) is 28.6 Å². The minimum Gasteiger partial charge on any atom is -0.480 e. The van der Waals surface area contributed by atoms with Gasteiger partial charge in [-0.25, -0.2) is 4.98 Å². The first kappa shape index (κ1) is 30.5. The van der Waals surface area contributed by atoms with Crippen molar-refractivity contribution in [3.8, 4) is 5.75 Å². The van der Waals surface area contributed by atoms with Gasteiger partial charge in [-0.3, -0.25) is 9.59 Å². The number of carboxylic acid groups (broad SMARTS) is 1. The molecule has 3 saturated carbocycles. The first-order chi connectivity index (χ1) is 19.3. The summed E-state index contributed by atoms with van der Waals surface area (Å²) in [6.07, 6.45) is 4.24. The number of carbonyl (C=O) groups excluding carboxylic acids is 1. The number of alkyl halides is 3. The summed E-state index contributed by atoms with van der Waals surface area (Å²) in [6, 6.07) is 5.97. The molecule has 3 aliphatic carbocycles. The van der Waals surface area contributed by atoms with Gasteiger partial charge in [0.05, 0.1) is 10.4 Å². The Hall–Kier alpha value is -1.92. The van der Waals surface area contributed by atoms with E-state index in [1.807, 2.05) is 0 Å². The summed E-state index contributed by atoms with van der Waals surface area (Å²) >= 11 is 4.14. The zero-order valence-corrected chi connectivity index (χ0v) is 25.7. The van der Waals surface area contributed by atoms with Crippen molar-refractivity contribution in [3.63, 3.8) is 0 Å². The molecule has 3 aliphatic rings. The van der Waals surface area contributed by atoms with Gasteiger partial charge in [0.15, 0.2) is 5.13 Å². The number of thiazole rings is 1. The number of halogens is 3. The molecule has 2 N–H and O–H groups in total. The molecule has 41 heavy (non-hydrogen) atoms. The summed E-state index contributed by atoms with van der Waals surface area (Å²) in [5.74, 6) is 1.58. The van der Waals surface area contributed by atoms with E-state index in [-0.39, 0.29) is 17.1 Å². The number of nitrogens with one attached hydrogen (secondary N) is 1. The third-order valence-corrected chi connectivity index (χ3v) is 12.5. The minimum absolute atomic E-state index is 0.0214. The second-order valence-electron chi connectivity index (χ2n) is 12.1. The van der Waals surface area contributed by atoms with E-state index < -0.39 is 17.1 Å². The average Bonchev–Trinajstić information content (AvgIpc) is 3.60. The van der Waals surface area contributed by atoms with Crippen LogP contribution in [0.1, 0.15) is 65.7 Å². The monoisotopic (exact) mass is 628 g/mol. The smallest absolute Gasteiger partial charge is 0.480 e. The maximum Gasteiger partial charge on any atom is 0.573 e. The highest BCUT2D eigenvalue weighted by atomic mass is 32.2. The highest BCUT2D eigenvalue weighted by Gasteiger charge is 2.92. The number of hydrogen-bond acceptors (Lipinski definition) is 7. The van der Waals surface area contributed by atoms with Crippen molar-refractivity contribution in [2.45, 2.75) is 85.9 Å². The van der Waals surface area contributed by atoms with Crippen molar-refractivity contribution in [3.05, 3.63) is 30.5 Å². The SMILES string of the molecule is CC1CCC2(CC1)C1C(CCCSc3ccc(OC(F)(F)F)cc3)C12CC(=O)Nc1ncc(SC(C)(C)C(=O)O)s1. The normalized spacial score (nSPS) is 28.7. The molecule has 0 saturated heterocycles. The van der Waals surface area contributed by atoms with Crippen LogP contribution in [0.15, 0.2) is 39.6 Å². The standard InChI is InChI=1S/C29H35F3N2O4S3/c1-17-10-12-27(13-11-17)23-20(5-4-14-39-19-8-6-18(7-9-19)38-29(30,31)32)28(23,27)15-21(35)34-25-33-16-22(40-25)41-26(2,3)24(36)37/h6-9,16-17,20,23H,4-5,10-15H2,1-3H3,(H,36,37)(H,33,34,35). The summed E-state index contributed by atoms with van der Waals surface area (Å²) in [5.41, 5.74) is 0.358. The predicted octanol–water partition coefficient (Wildman–Crippen LogP) is 8.34. The molecule has 1 amide bonds. The Morgan fingerprint density at radius 1 is 1.20 bits per heavy atom. The molecule has 3 atom stereocenters. The highest BCUT2D eigenvalue weighted by Crippen LogP contribution is 2.96. The predicted molar refractivity (Wildman–Crippen MR) is 155 cm³/mol. The lowest BCUT2D eigenvalue weighted by Gasteiger charge is -2.37. The van der Waals surface area contributed by atoms with Gasteiger partial charge in [-0.2, -0.15) is 0 Å². The fourth-order valence-corrected chi connectivity index (χ4v) is 10.3. The van der Waals surface area contributed by atoms with E-state index in [4.69, 9.17) is 0 Å². The second kappa shape index (κ2) is 11.3. The summed E-state index contributed by atoms with van der Waals surface area (Å²) in [4.78, 5) is 29.9. The average molecular weight is 629 g/mol. The van der Waals surface area contributed by atoms with Gasteiger partial charge in [0.2, 0.25) is 5.91 Å². The van der Waals surface area contributed by atoms with Crippen molar-refractivity contribution in [2.75, 3.05) is 11.1 Å². The Bertz CT molecular complexity index is 1270. The van der Waals surface area contributed by atoms with E-state index in [2.05, 4.69) is 22.0 Å². The number of nitrogens with zero attached hydrogens (tertiary/aromatic N) is 1. The molecule has 12 heteroatoms. The Morgan fingerprint density at radius 2 is 1.88 bits per heavy atom. The summed E-state index contributed by atoms with van der Waals surface area (Å²) in [6.45, 7) is 5.59. The molecule has 3 fully saturated rings. The van der Waals surface area contributed by atoms with E-state index >= 15 is 0 Å². The van der Waals surface area contributed by atoms with Gasteiger partial charge >= 0.3 is 12.3 Å². The fraction of sp³-hybridized carbons (Fsp3) is 0.621. The summed E-state index contributed by atoms with van der Waals surface area (Å²) < 4.78 is 40.9. The number of aromatic nitrogens is 1. The number of carbonyl (C=O) groups is 2. The van der Waals surface area contributed by atoms with Crippen LogP contribution in [0.25, 0.3) is 0 Å². The molecule has 1 heterocycles. The van der Waals surface area contributed by atoms with E-state index in [9.17, 15) is 27.9 Å². The topological polar surface area (TPSA) is 88.5 Å². The molecule has 0 aliphatic heterocycles. The summed E-state index contributed by atoms with van der Waals surface area (Å²) in [7, 11) is 0. The van der Waals surface area contributed by atoms with E-state index in [0.29, 0.717) is 28.8 Å². The lowest BCUT2D eigenvalue weighted by Crippen LogP contribution is -2.31. The zero-order chi connectivity index (χ0) is 29.6. The molecule has 5 rings (SSSR count). The van der Waals surface area contributed by atoms with E-state index in [1.165, 1.54) is 60.9 Å². The lowest BCUT2D eigenvalue weighted by atomic mass is 9.67. The minimum atomic E-state index is -4.69. The fourth-order valence-electron chi connectivity index (χ4n) is 7.12. The molecule has 6 nitrogen and oxygen atoms in total. The van der Waals surface area contributed by atoms with Crippen LogP contribution in [0.3, 0.4) is 0 Å². The van der Waals surface area contributed by atoms with Crippen molar-refractivity contribution >= 4 is 51.9 Å². The Morgan fingerprint density at radius 3 is 2.51 bits per heavy atom. The maximum atomic E-state index is 13.2. The molecular weight excluding hydrogens is 594 g/mol.